The molecule has 1 fully saturated rings. The van der Waals surface area contributed by atoms with Crippen LogP contribution in [0.1, 0.15) is 24.0 Å². The molecule has 1 amide bonds. The van der Waals surface area contributed by atoms with E-state index in [1.165, 1.54) is 0 Å². The van der Waals surface area contributed by atoms with Crippen molar-refractivity contribution in [2.45, 2.75) is 25.2 Å². The van der Waals surface area contributed by atoms with Gasteiger partial charge in [-0.3, -0.25) is 4.79 Å². The fourth-order valence-electron chi connectivity index (χ4n) is 3.38. The number of methoxy groups -OCH3 is 1. The molecule has 0 spiro atoms. The van der Waals surface area contributed by atoms with Crippen molar-refractivity contribution in [2.75, 3.05) is 12.4 Å². The Bertz CT molecular complexity index is 973. The highest BCUT2D eigenvalue weighted by Gasteiger charge is 2.52. The van der Waals surface area contributed by atoms with E-state index in [0.717, 1.165) is 34.9 Å². The molecule has 1 aliphatic carbocycles. The molecule has 0 aliphatic heterocycles. The maximum absolute atomic E-state index is 13.1. The van der Waals surface area contributed by atoms with E-state index in [-0.39, 0.29) is 5.91 Å². The lowest BCUT2D eigenvalue weighted by molar-refractivity contribution is -0.118. The number of aromatic nitrogens is 1. The zero-order valence-electron chi connectivity index (χ0n) is 14.2. The van der Waals surface area contributed by atoms with Crippen LogP contribution in [0.2, 0.25) is 5.02 Å². The summed E-state index contributed by atoms with van der Waals surface area (Å²) in [5.74, 6) is 0.566. The van der Waals surface area contributed by atoms with Gasteiger partial charge in [0, 0.05) is 28.2 Å². The number of aromatic amines is 1. The minimum Gasteiger partial charge on any atom is -0.495 e. The minimum absolute atomic E-state index is 0.00252. The van der Waals surface area contributed by atoms with Gasteiger partial charge in [-0.1, -0.05) is 29.8 Å². The van der Waals surface area contributed by atoms with Crippen LogP contribution in [0.4, 0.5) is 5.69 Å². The minimum atomic E-state index is -0.474. The molecule has 1 heterocycles. The van der Waals surface area contributed by atoms with Crippen molar-refractivity contribution < 1.29 is 9.53 Å². The molecule has 2 N–H and O–H groups in total. The molecule has 2 aromatic carbocycles. The van der Waals surface area contributed by atoms with Crippen molar-refractivity contribution in [1.82, 2.24) is 4.98 Å². The van der Waals surface area contributed by atoms with Gasteiger partial charge < -0.3 is 15.0 Å². The average molecular weight is 355 g/mol. The second-order valence-corrected chi connectivity index (χ2v) is 6.99. The van der Waals surface area contributed by atoms with E-state index in [2.05, 4.69) is 16.4 Å². The van der Waals surface area contributed by atoms with Crippen LogP contribution in [0.5, 0.6) is 5.75 Å². The smallest absolute Gasteiger partial charge is 0.235 e. The summed E-state index contributed by atoms with van der Waals surface area (Å²) in [6.45, 7) is 1.91. The Labute approximate surface area is 151 Å². The number of benzene rings is 2. The molecule has 0 saturated heterocycles. The molecule has 0 atom stereocenters. The van der Waals surface area contributed by atoms with Gasteiger partial charge in [-0.15, -0.1) is 0 Å². The fraction of sp³-hybridized carbons (Fsp3) is 0.250. The largest absolute Gasteiger partial charge is 0.495 e. The number of H-pyrrole nitrogens is 1. The second kappa shape index (κ2) is 5.81. The summed E-state index contributed by atoms with van der Waals surface area (Å²) in [6, 6.07) is 11.7. The summed E-state index contributed by atoms with van der Waals surface area (Å²) in [5, 5.41) is 4.77. The first kappa shape index (κ1) is 16.0. The van der Waals surface area contributed by atoms with E-state index in [1.54, 1.807) is 13.2 Å². The lowest BCUT2D eigenvalue weighted by Gasteiger charge is -2.17. The Balaban J connectivity index is 1.69. The predicted molar refractivity (Wildman–Crippen MR) is 101 cm³/mol. The van der Waals surface area contributed by atoms with Gasteiger partial charge in [0.15, 0.2) is 0 Å². The molecule has 0 bridgehead atoms. The number of carbonyl (C=O) groups excluding carboxylic acids is 1. The van der Waals surface area contributed by atoms with Crippen molar-refractivity contribution in [1.29, 1.82) is 0 Å². The zero-order chi connectivity index (χ0) is 17.6. The molecular weight excluding hydrogens is 336 g/mol. The molecule has 4 nitrogen and oxygen atoms in total. The van der Waals surface area contributed by atoms with E-state index in [1.807, 2.05) is 37.4 Å². The number of carbonyl (C=O) groups is 1. The van der Waals surface area contributed by atoms with E-state index < -0.39 is 5.41 Å². The van der Waals surface area contributed by atoms with Crippen molar-refractivity contribution >= 4 is 34.1 Å². The number of fused-ring (bicyclic) bond motifs is 1. The Kier molecular flexibility index (Phi) is 3.73. The van der Waals surface area contributed by atoms with Gasteiger partial charge in [-0.2, -0.15) is 0 Å². The van der Waals surface area contributed by atoms with E-state index in [4.69, 9.17) is 16.3 Å². The fourth-order valence-corrected chi connectivity index (χ4v) is 3.54. The van der Waals surface area contributed by atoms with Crippen LogP contribution >= 0.6 is 11.6 Å². The first-order valence-corrected chi connectivity index (χ1v) is 8.65. The van der Waals surface area contributed by atoms with Crippen molar-refractivity contribution in [2.24, 2.45) is 0 Å². The van der Waals surface area contributed by atoms with Crippen LogP contribution < -0.4 is 10.1 Å². The normalized spacial score (nSPS) is 15.2. The lowest BCUT2D eigenvalue weighted by Crippen LogP contribution is -2.27. The predicted octanol–water partition coefficient (Wildman–Crippen LogP) is 4.81. The Morgan fingerprint density at radius 1 is 1.28 bits per heavy atom. The number of hydrogen-bond acceptors (Lipinski definition) is 2. The number of halogens is 1. The Morgan fingerprint density at radius 3 is 2.76 bits per heavy atom. The third-order valence-electron chi connectivity index (χ3n) is 5.02. The SMILES string of the molecule is COc1cc(Cl)c(C)cc1NC(=O)C1(c2c[nH]c3ccccc23)CC1. The molecule has 1 saturated carbocycles. The summed E-state index contributed by atoms with van der Waals surface area (Å²) in [7, 11) is 1.57. The first-order chi connectivity index (χ1) is 12.0. The molecule has 1 aliphatic rings. The van der Waals surface area contributed by atoms with Gasteiger partial charge in [0.25, 0.3) is 0 Å². The first-order valence-electron chi connectivity index (χ1n) is 8.27. The molecule has 25 heavy (non-hydrogen) atoms. The number of rotatable bonds is 4. The Morgan fingerprint density at radius 2 is 2.04 bits per heavy atom. The van der Waals surface area contributed by atoms with Gasteiger partial charge in [0.1, 0.15) is 5.75 Å². The number of aryl methyl sites for hydroxylation is 1. The maximum atomic E-state index is 13.1. The van der Waals surface area contributed by atoms with E-state index in [0.29, 0.717) is 16.5 Å². The van der Waals surface area contributed by atoms with Crippen LogP contribution in [-0.2, 0) is 10.2 Å². The van der Waals surface area contributed by atoms with Gasteiger partial charge in [-0.25, -0.2) is 0 Å². The lowest BCUT2D eigenvalue weighted by atomic mass is 9.94. The third kappa shape index (κ3) is 2.57. The number of hydrogen-bond donors (Lipinski definition) is 2. The molecule has 3 aromatic rings. The second-order valence-electron chi connectivity index (χ2n) is 6.59. The highest BCUT2D eigenvalue weighted by molar-refractivity contribution is 6.31. The molecule has 4 rings (SSSR count). The molecule has 5 heteroatoms. The van der Waals surface area contributed by atoms with Gasteiger partial charge in [-0.05, 0) is 43.0 Å². The third-order valence-corrected chi connectivity index (χ3v) is 5.43. The summed E-state index contributed by atoms with van der Waals surface area (Å²) in [4.78, 5) is 16.4. The van der Waals surface area contributed by atoms with Crippen molar-refractivity contribution in [3.05, 3.63) is 58.7 Å². The summed E-state index contributed by atoms with van der Waals surface area (Å²) >= 11 is 6.15. The van der Waals surface area contributed by atoms with Gasteiger partial charge in [0.05, 0.1) is 18.2 Å². The van der Waals surface area contributed by atoms with Gasteiger partial charge in [0.2, 0.25) is 5.91 Å². The Hall–Kier alpha value is -2.46. The molecule has 0 unspecified atom stereocenters. The van der Waals surface area contributed by atoms with Crippen LogP contribution in [0.15, 0.2) is 42.6 Å². The van der Waals surface area contributed by atoms with Crippen LogP contribution in [0, 0.1) is 6.92 Å². The number of anilines is 1. The number of nitrogens with one attached hydrogen (secondary N) is 2. The number of ether oxygens (including phenoxy) is 1. The quantitative estimate of drug-likeness (QED) is 0.706. The summed E-state index contributed by atoms with van der Waals surface area (Å²) in [6.07, 6.45) is 3.65. The molecular formula is C20H19ClN2O2. The zero-order valence-corrected chi connectivity index (χ0v) is 14.9. The average Bonchev–Trinajstić information content (AvgIpc) is 3.31. The molecule has 128 valence electrons. The maximum Gasteiger partial charge on any atom is 0.235 e. The number of para-hydroxylation sites is 1. The van der Waals surface area contributed by atoms with Crippen LogP contribution in [0.3, 0.4) is 0 Å². The summed E-state index contributed by atoms with van der Waals surface area (Å²) < 4.78 is 5.37. The van der Waals surface area contributed by atoms with Crippen LogP contribution in [0.25, 0.3) is 10.9 Å². The van der Waals surface area contributed by atoms with Crippen molar-refractivity contribution in [3.63, 3.8) is 0 Å². The van der Waals surface area contributed by atoms with E-state index >= 15 is 0 Å². The van der Waals surface area contributed by atoms with Gasteiger partial charge >= 0.3 is 0 Å². The highest BCUT2D eigenvalue weighted by Crippen LogP contribution is 2.51. The standard InChI is InChI=1S/C20H19ClN2O2/c1-12-9-17(18(25-2)10-15(12)21)23-19(24)20(7-8-20)14-11-22-16-6-4-3-5-13(14)16/h3-6,9-11,22H,7-8H2,1-2H3,(H,23,24). The van der Waals surface area contributed by atoms with Crippen molar-refractivity contribution in [3.8, 4) is 5.75 Å². The molecule has 0 radical (unpaired) electrons. The topological polar surface area (TPSA) is 54.1 Å². The summed E-state index contributed by atoms with van der Waals surface area (Å²) in [5.41, 5.74) is 3.19. The monoisotopic (exact) mass is 354 g/mol. The number of amides is 1. The van der Waals surface area contributed by atoms with E-state index in [9.17, 15) is 4.79 Å². The molecule has 1 aromatic heterocycles. The van der Waals surface area contributed by atoms with Crippen LogP contribution in [-0.4, -0.2) is 18.0 Å². The highest BCUT2D eigenvalue weighted by atomic mass is 35.5.